The zero-order valence-corrected chi connectivity index (χ0v) is 11.7. The number of hydrogen-bond donors (Lipinski definition) is 1. The summed E-state index contributed by atoms with van der Waals surface area (Å²) >= 11 is 1.26. The highest BCUT2D eigenvalue weighted by Crippen LogP contribution is 2.14. The number of fused-ring (bicyclic) bond motifs is 1. The van der Waals surface area contributed by atoms with Crippen molar-refractivity contribution >= 4 is 33.9 Å². The number of nitrogens with one attached hydrogen (secondary N) is 1. The van der Waals surface area contributed by atoms with E-state index in [9.17, 15) is 14.4 Å². The molecule has 0 spiro atoms. The van der Waals surface area contributed by atoms with Gasteiger partial charge in [0, 0.05) is 12.7 Å². The summed E-state index contributed by atoms with van der Waals surface area (Å²) in [5.74, 6) is -0.0660. The lowest BCUT2D eigenvalue weighted by atomic mass is 10.1. The van der Waals surface area contributed by atoms with Gasteiger partial charge in [-0.15, -0.1) is 0 Å². The van der Waals surface area contributed by atoms with Gasteiger partial charge in [-0.3, -0.25) is 9.78 Å². The molecular formula is C14H13NO4S. The number of hydrogen-bond acceptors (Lipinski definition) is 5. The van der Waals surface area contributed by atoms with Gasteiger partial charge in [-0.1, -0.05) is 36.0 Å². The molecule has 0 aliphatic carbocycles. The molecule has 5 nitrogen and oxygen atoms in total. The topological polar surface area (TPSA) is 80.1 Å². The molecule has 1 N–H and O–H groups in total. The van der Waals surface area contributed by atoms with Crippen LogP contribution in [-0.4, -0.2) is 15.9 Å². The van der Waals surface area contributed by atoms with E-state index in [0.29, 0.717) is 22.2 Å². The van der Waals surface area contributed by atoms with E-state index in [1.807, 2.05) is 6.08 Å². The normalized spacial score (nSPS) is 11.2. The Hall–Kier alpha value is -2.08. The number of carbonyl (C=O) groups excluding carboxylic acids is 1. The summed E-state index contributed by atoms with van der Waals surface area (Å²) in [7, 11) is 0. The minimum Gasteiger partial charge on any atom is -0.372 e. The molecule has 1 aromatic heterocycles. The number of aromatic nitrogens is 1. The Kier molecular flexibility index (Phi) is 4.57. The standard InChI is InChI=1S/C14H13NO4S/c1-9(16)20-8-3-2-5-10-6-4-7-11-12(10)13(17)19-14(18)15-11/h2,4-7H,3,8H2,1H3,(H,15,18). The van der Waals surface area contributed by atoms with Crippen LogP contribution in [0.5, 0.6) is 0 Å². The second-order valence-corrected chi connectivity index (χ2v) is 5.37. The lowest BCUT2D eigenvalue weighted by Gasteiger charge is -1.99. The summed E-state index contributed by atoms with van der Waals surface area (Å²) in [5, 5.41) is 0.435. The van der Waals surface area contributed by atoms with Crippen LogP contribution in [0.4, 0.5) is 0 Å². The van der Waals surface area contributed by atoms with Crippen LogP contribution in [0, 0.1) is 0 Å². The molecule has 0 saturated heterocycles. The van der Waals surface area contributed by atoms with Crippen molar-refractivity contribution in [1.82, 2.24) is 4.98 Å². The molecule has 104 valence electrons. The summed E-state index contributed by atoms with van der Waals surface area (Å²) in [5.41, 5.74) is 0.481. The predicted octanol–water partition coefficient (Wildman–Crippen LogP) is 2.16. The second-order valence-electron chi connectivity index (χ2n) is 4.10. The number of rotatable bonds is 4. The number of H-pyrrole nitrogens is 1. The molecule has 0 atom stereocenters. The number of thioether (sulfide) groups is 1. The van der Waals surface area contributed by atoms with Crippen LogP contribution in [0.2, 0.25) is 0 Å². The van der Waals surface area contributed by atoms with E-state index in [1.165, 1.54) is 18.7 Å². The Balaban J connectivity index is 2.27. The maximum absolute atomic E-state index is 11.7. The molecule has 2 aromatic rings. The van der Waals surface area contributed by atoms with Gasteiger partial charge in [0.2, 0.25) is 0 Å². The lowest BCUT2D eigenvalue weighted by Crippen LogP contribution is -2.15. The highest BCUT2D eigenvalue weighted by molar-refractivity contribution is 8.13. The molecule has 0 aliphatic heterocycles. The fraction of sp³-hybridized carbons (Fsp3) is 0.214. The zero-order chi connectivity index (χ0) is 14.5. The van der Waals surface area contributed by atoms with Crippen molar-refractivity contribution in [3.63, 3.8) is 0 Å². The van der Waals surface area contributed by atoms with E-state index in [-0.39, 0.29) is 5.12 Å². The molecule has 1 aromatic carbocycles. The van der Waals surface area contributed by atoms with Gasteiger partial charge in [0.15, 0.2) is 5.12 Å². The first-order valence-corrected chi connectivity index (χ1v) is 7.02. The van der Waals surface area contributed by atoms with E-state index in [4.69, 9.17) is 0 Å². The van der Waals surface area contributed by atoms with Gasteiger partial charge in [-0.25, -0.2) is 9.59 Å². The van der Waals surface area contributed by atoms with E-state index >= 15 is 0 Å². The summed E-state index contributed by atoms with van der Waals surface area (Å²) in [4.78, 5) is 36.1. The largest absolute Gasteiger partial charge is 0.419 e. The average Bonchev–Trinajstić information content (AvgIpc) is 2.37. The highest BCUT2D eigenvalue weighted by atomic mass is 32.2. The minimum atomic E-state index is -0.763. The van der Waals surface area contributed by atoms with Crippen molar-refractivity contribution in [3.8, 4) is 0 Å². The third kappa shape index (κ3) is 3.48. The van der Waals surface area contributed by atoms with Gasteiger partial charge in [0.25, 0.3) is 0 Å². The van der Waals surface area contributed by atoms with Crippen molar-refractivity contribution in [2.75, 3.05) is 5.75 Å². The first-order valence-electron chi connectivity index (χ1n) is 6.04. The molecule has 20 heavy (non-hydrogen) atoms. The molecule has 0 unspecified atom stereocenters. The SMILES string of the molecule is CC(=O)SCCC=Cc1cccc2[nH]c(=O)oc(=O)c12. The Morgan fingerprint density at radius 3 is 2.95 bits per heavy atom. The van der Waals surface area contributed by atoms with Gasteiger partial charge < -0.3 is 4.42 Å². The smallest absolute Gasteiger partial charge is 0.372 e. The third-order valence-corrected chi connectivity index (χ3v) is 3.46. The van der Waals surface area contributed by atoms with E-state index in [1.54, 1.807) is 24.3 Å². The maximum atomic E-state index is 11.7. The maximum Gasteiger partial charge on any atom is 0.419 e. The number of allylic oxidation sites excluding steroid dienone is 1. The van der Waals surface area contributed by atoms with Crippen LogP contribution in [-0.2, 0) is 4.79 Å². The molecule has 0 aliphatic rings. The molecule has 1 heterocycles. The van der Waals surface area contributed by atoms with Crippen LogP contribution < -0.4 is 11.4 Å². The molecule has 0 saturated carbocycles. The Morgan fingerprint density at radius 1 is 1.40 bits per heavy atom. The molecule has 2 rings (SSSR count). The van der Waals surface area contributed by atoms with E-state index in [0.717, 1.165) is 6.42 Å². The second kappa shape index (κ2) is 6.38. The van der Waals surface area contributed by atoms with Crippen molar-refractivity contribution in [3.05, 3.63) is 50.8 Å². The van der Waals surface area contributed by atoms with Gasteiger partial charge in [-0.05, 0) is 18.1 Å². The quantitative estimate of drug-likeness (QED) is 0.873. The van der Waals surface area contributed by atoms with Crippen molar-refractivity contribution in [1.29, 1.82) is 0 Å². The monoisotopic (exact) mass is 291 g/mol. The summed E-state index contributed by atoms with van der Waals surface area (Å²) < 4.78 is 4.54. The Bertz CT molecular complexity index is 773. The molecule has 0 radical (unpaired) electrons. The van der Waals surface area contributed by atoms with Gasteiger partial charge >= 0.3 is 11.4 Å². The Morgan fingerprint density at radius 2 is 2.20 bits per heavy atom. The van der Waals surface area contributed by atoms with Crippen LogP contribution in [0.1, 0.15) is 18.9 Å². The van der Waals surface area contributed by atoms with Crippen molar-refractivity contribution < 1.29 is 9.21 Å². The predicted molar refractivity (Wildman–Crippen MR) is 79.9 cm³/mol. The minimum absolute atomic E-state index is 0.0850. The third-order valence-electron chi connectivity index (χ3n) is 2.61. The van der Waals surface area contributed by atoms with Gasteiger partial charge in [0.05, 0.1) is 10.9 Å². The van der Waals surface area contributed by atoms with Gasteiger partial charge in [0.1, 0.15) is 0 Å². The molecule has 0 fully saturated rings. The van der Waals surface area contributed by atoms with E-state index in [2.05, 4.69) is 9.40 Å². The van der Waals surface area contributed by atoms with Crippen LogP contribution in [0.15, 0.2) is 38.3 Å². The van der Waals surface area contributed by atoms with Crippen molar-refractivity contribution in [2.24, 2.45) is 0 Å². The summed E-state index contributed by atoms with van der Waals surface area (Å²) in [6.07, 6.45) is 4.39. The van der Waals surface area contributed by atoms with Crippen molar-refractivity contribution in [2.45, 2.75) is 13.3 Å². The van der Waals surface area contributed by atoms with Crippen LogP contribution in [0.3, 0.4) is 0 Å². The molecule has 6 heteroatoms. The number of benzene rings is 1. The Labute approximate surface area is 118 Å². The molecule has 0 bridgehead atoms. The van der Waals surface area contributed by atoms with Crippen LogP contribution >= 0.6 is 11.8 Å². The summed E-state index contributed by atoms with van der Waals surface area (Å²) in [6.45, 7) is 1.53. The zero-order valence-electron chi connectivity index (χ0n) is 10.8. The van der Waals surface area contributed by atoms with Crippen LogP contribution in [0.25, 0.3) is 17.0 Å². The average molecular weight is 291 g/mol. The van der Waals surface area contributed by atoms with Gasteiger partial charge in [-0.2, -0.15) is 0 Å². The first-order chi connectivity index (χ1) is 9.58. The van der Waals surface area contributed by atoms with E-state index < -0.39 is 11.4 Å². The molecule has 0 amide bonds. The number of aromatic amines is 1. The highest BCUT2D eigenvalue weighted by Gasteiger charge is 2.05. The lowest BCUT2D eigenvalue weighted by molar-refractivity contribution is -0.109. The summed E-state index contributed by atoms with van der Waals surface area (Å²) in [6, 6.07) is 5.17. The fourth-order valence-corrected chi connectivity index (χ4v) is 2.33. The number of carbonyl (C=O) groups is 1. The fourth-order valence-electron chi connectivity index (χ4n) is 1.79. The molecular weight excluding hydrogens is 278 g/mol. The first kappa shape index (κ1) is 14.3.